The fourth-order valence-electron chi connectivity index (χ4n) is 6.75. The van der Waals surface area contributed by atoms with Crippen molar-refractivity contribution in [3.8, 4) is 0 Å². The van der Waals surface area contributed by atoms with Crippen molar-refractivity contribution >= 4 is 5.71 Å². The van der Waals surface area contributed by atoms with Gasteiger partial charge >= 0.3 is 0 Å². The van der Waals surface area contributed by atoms with E-state index >= 15 is 0 Å². The molecule has 0 aliphatic heterocycles. The second kappa shape index (κ2) is 5.11. The van der Waals surface area contributed by atoms with Crippen molar-refractivity contribution in [2.75, 3.05) is 7.11 Å². The molecule has 3 saturated carbocycles. The summed E-state index contributed by atoms with van der Waals surface area (Å²) in [5, 5.41) is 4.28. The maximum atomic E-state index is 5.05. The molecule has 4 aliphatic carbocycles. The molecule has 0 heterocycles. The van der Waals surface area contributed by atoms with E-state index in [0.29, 0.717) is 10.8 Å². The second-order valence-corrected chi connectivity index (χ2v) is 8.88. The van der Waals surface area contributed by atoms with Gasteiger partial charge in [-0.2, -0.15) is 0 Å². The van der Waals surface area contributed by atoms with E-state index in [1.165, 1.54) is 50.7 Å². The first-order chi connectivity index (χ1) is 10.6. The highest BCUT2D eigenvalue weighted by Crippen LogP contribution is 2.64. The number of hydrogen-bond acceptors (Lipinski definition) is 2. The smallest absolute Gasteiger partial charge is 0.106 e. The van der Waals surface area contributed by atoms with Crippen LogP contribution in [-0.4, -0.2) is 12.8 Å². The molecular formula is C20H31NO. The van der Waals surface area contributed by atoms with Gasteiger partial charge in [0.15, 0.2) is 0 Å². The highest BCUT2D eigenvalue weighted by Gasteiger charge is 2.56. The van der Waals surface area contributed by atoms with E-state index in [1.807, 2.05) is 0 Å². The van der Waals surface area contributed by atoms with Crippen LogP contribution in [0.2, 0.25) is 0 Å². The first kappa shape index (κ1) is 14.8. The van der Waals surface area contributed by atoms with Crippen molar-refractivity contribution in [1.82, 2.24) is 0 Å². The lowest BCUT2D eigenvalue weighted by molar-refractivity contribution is -0.0856. The van der Waals surface area contributed by atoms with Crippen LogP contribution >= 0.6 is 0 Å². The zero-order chi connectivity index (χ0) is 15.4. The Labute approximate surface area is 135 Å². The molecule has 6 unspecified atom stereocenters. The lowest BCUT2D eigenvalue weighted by Crippen LogP contribution is -2.52. The molecule has 2 heteroatoms. The molecule has 0 saturated heterocycles. The lowest BCUT2D eigenvalue weighted by atomic mass is 9.45. The van der Waals surface area contributed by atoms with Gasteiger partial charge in [-0.1, -0.05) is 31.2 Å². The molecule has 0 spiro atoms. The third-order valence-corrected chi connectivity index (χ3v) is 8.05. The Morgan fingerprint density at radius 1 is 1.14 bits per heavy atom. The second-order valence-electron chi connectivity index (χ2n) is 8.88. The lowest BCUT2D eigenvalue weighted by Gasteiger charge is -2.59. The molecule has 0 radical (unpaired) electrons. The molecule has 0 N–H and O–H groups in total. The number of hydrogen-bond donors (Lipinski definition) is 0. The van der Waals surface area contributed by atoms with Crippen molar-refractivity contribution < 1.29 is 4.84 Å². The standard InChI is InChI=1S/C20H31NO/c1-19-10-4-5-17(19)16-7-6-14-13-15(21-22-3)8-12-20(14,2)18(16)9-11-19/h4,10,14,16-18H,5-9,11-13H2,1-3H3. The normalized spacial score (nSPS) is 52.0. The molecule has 4 rings (SSSR count). The minimum Gasteiger partial charge on any atom is -0.399 e. The summed E-state index contributed by atoms with van der Waals surface area (Å²) in [6.45, 7) is 5.14. The van der Waals surface area contributed by atoms with E-state index in [2.05, 4.69) is 31.2 Å². The molecule has 0 aromatic carbocycles. The van der Waals surface area contributed by atoms with Gasteiger partial charge in [-0.15, -0.1) is 0 Å². The molecule has 6 atom stereocenters. The molecule has 0 aromatic rings. The summed E-state index contributed by atoms with van der Waals surface area (Å²) in [5.74, 6) is 3.69. The van der Waals surface area contributed by atoms with Crippen LogP contribution in [0.15, 0.2) is 17.3 Å². The fourth-order valence-corrected chi connectivity index (χ4v) is 6.75. The Balaban J connectivity index is 1.58. The summed E-state index contributed by atoms with van der Waals surface area (Å²) in [7, 11) is 1.69. The van der Waals surface area contributed by atoms with Crippen molar-refractivity contribution in [2.24, 2.45) is 39.7 Å². The first-order valence-electron chi connectivity index (χ1n) is 9.33. The summed E-state index contributed by atoms with van der Waals surface area (Å²) >= 11 is 0. The van der Waals surface area contributed by atoms with Crippen LogP contribution < -0.4 is 0 Å². The Hall–Kier alpha value is -0.790. The van der Waals surface area contributed by atoms with Crippen LogP contribution in [-0.2, 0) is 4.84 Å². The van der Waals surface area contributed by atoms with Gasteiger partial charge in [0.1, 0.15) is 7.11 Å². The average molecular weight is 301 g/mol. The molecule has 0 aromatic heterocycles. The van der Waals surface area contributed by atoms with E-state index in [0.717, 1.165) is 30.1 Å². The fraction of sp³-hybridized carbons (Fsp3) is 0.850. The largest absolute Gasteiger partial charge is 0.399 e. The number of allylic oxidation sites excluding steroid dienone is 2. The molecule has 22 heavy (non-hydrogen) atoms. The van der Waals surface area contributed by atoms with Crippen LogP contribution in [0.3, 0.4) is 0 Å². The summed E-state index contributed by atoms with van der Waals surface area (Å²) in [5.41, 5.74) is 2.38. The maximum Gasteiger partial charge on any atom is 0.106 e. The van der Waals surface area contributed by atoms with E-state index in [9.17, 15) is 0 Å². The highest BCUT2D eigenvalue weighted by atomic mass is 16.6. The maximum absolute atomic E-state index is 5.05. The predicted molar refractivity (Wildman–Crippen MR) is 90.7 cm³/mol. The van der Waals surface area contributed by atoms with E-state index in [-0.39, 0.29) is 0 Å². The minimum atomic E-state index is 0.516. The van der Waals surface area contributed by atoms with Gasteiger partial charge in [-0.05, 0) is 85.9 Å². The topological polar surface area (TPSA) is 21.6 Å². The Morgan fingerprint density at radius 2 is 2.00 bits per heavy atom. The summed E-state index contributed by atoms with van der Waals surface area (Å²) < 4.78 is 0. The van der Waals surface area contributed by atoms with Crippen LogP contribution in [0.1, 0.15) is 65.2 Å². The molecule has 2 nitrogen and oxygen atoms in total. The van der Waals surface area contributed by atoms with Crippen molar-refractivity contribution in [2.45, 2.75) is 65.2 Å². The number of nitrogens with zero attached hydrogens (tertiary/aromatic N) is 1. The van der Waals surface area contributed by atoms with E-state index < -0.39 is 0 Å². The van der Waals surface area contributed by atoms with E-state index in [1.54, 1.807) is 7.11 Å². The van der Waals surface area contributed by atoms with Gasteiger partial charge in [-0.25, -0.2) is 0 Å². The third kappa shape index (κ3) is 2.02. The van der Waals surface area contributed by atoms with Crippen LogP contribution in [0.25, 0.3) is 0 Å². The Kier molecular flexibility index (Phi) is 3.43. The molecule has 122 valence electrons. The van der Waals surface area contributed by atoms with Crippen LogP contribution in [0.5, 0.6) is 0 Å². The number of oxime groups is 1. The average Bonchev–Trinajstić information content (AvgIpc) is 2.89. The molecular weight excluding hydrogens is 270 g/mol. The SMILES string of the molecule is CON=C1CCC2(C)C(CCC3C4CC=CC4(C)CCC32)C1. The molecule has 0 amide bonds. The molecule has 3 fully saturated rings. The first-order valence-corrected chi connectivity index (χ1v) is 9.33. The number of fused-ring (bicyclic) bond motifs is 5. The van der Waals surface area contributed by atoms with Crippen molar-refractivity contribution in [3.05, 3.63) is 12.2 Å². The zero-order valence-corrected chi connectivity index (χ0v) is 14.5. The quantitative estimate of drug-likeness (QED) is 0.482. The molecule has 4 aliphatic rings. The van der Waals surface area contributed by atoms with Crippen LogP contribution in [0.4, 0.5) is 0 Å². The van der Waals surface area contributed by atoms with E-state index in [4.69, 9.17) is 4.84 Å². The van der Waals surface area contributed by atoms with Gasteiger partial charge in [0.05, 0.1) is 5.71 Å². The highest BCUT2D eigenvalue weighted by molar-refractivity contribution is 5.85. The van der Waals surface area contributed by atoms with Crippen molar-refractivity contribution in [1.29, 1.82) is 0 Å². The summed E-state index contributed by atoms with van der Waals surface area (Å²) in [6.07, 6.45) is 15.8. The van der Waals surface area contributed by atoms with Crippen LogP contribution in [0, 0.1) is 34.5 Å². The van der Waals surface area contributed by atoms with Gasteiger partial charge in [0.25, 0.3) is 0 Å². The minimum absolute atomic E-state index is 0.516. The van der Waals surface area contributed by atoms with Crippen molar-refractivity contribution in [3.63, 3.8) is 0 Å². The van der Waals surface area contributed by atoms with Gasteiger partial charge in [-0.3, -0.25) is 0 Å². The number of rotatable bonds is 1. The Morgan fingerprint density at radius 3 is 2.82 bits per heavy atom. The predicted octanol–water partition coefficient (Wildman–Crippen LogP) is 5.20. The zero-order valence-electron chi connectivity index (χ0n) is 14.5. The Bertz CT molecular complexity index is 510. The summed E-state index contributed by atoms with van der Waals surface area (Å²) in [4.78, 5) is 5.05. The molecule has 0 bridgehead atoms. The van der Waals surface area contributed by atoms with Gasteiger partial charge in [0.2, 0.25) is 0 Å². The third-order valence-electron chi connectivity index (χ3n) is 8.05. The monoisotopic (exact) mass is 301 g/mol. The van der Waals surface area contributed by atoms with Gasteiger partial charge < -0.3 is 4.84 Å². The van der Waals surface area contributed by atoms with Gasteiger partial charge in [0, 0.05) is 0 Å². The summed E-state index contributed by atoms with van der Waals surface area (Å²) in [6, 6.07) is 0.